The zero-order valence-electron chi connectivity index (χ0n) is 19.8. The van der Waals surface area contributed by atoms with E-state index in [0.29, 0.717) is 24.3 Å². The number of likely N-dealkylation sites (tertiary alicyclic amines) is 1. The Morgan fingerprint density at radius 2 is 1.82 bits per heavy atom. The van der Waals surface area contributed by atoms with Gasteiger partial charge < -0.3 is 15.4 Å². The van der Waals surface area contributed by atoms with Gasteiger partial charge in [0.2, 0.25) is 0 Å². The van der Waals surface area contributed by atoms with Crippen molar-refractivity contribution in [2.45, 2.75) is 37.3 Å². The van der Waals surface area contributed by atoms with Gasteiger partial charge in [-0.3, -0.25) is 9.69 Å². The maximum atomic E-state index is 13.7. The van der Waals surface area contributed by atoms with Crippen molar-refractivity contribution in [3.63, 3.8) is 0 Å². The van der Waals surface area contributed by atoms with Gasteiger partial charge in [0, 0.05) is 36.5 Å². The number of piperidine rings is 1. The highest BCUT2D eigenvalue weighted by Crippen LogP contribution is 2.43. The minimum atomic E-state index is -0.143. The lowest BCUT2D eigenvalue weighted by Gasteiger charge is -2.51. The second kappa shape index (κ2) is 9.90. The number of carbonyl (C=O) groups excluding carboxylic acids is 1. The molecular formula is C28H33N3O2S. The second-order valence-corrected chi connectivity index (χ2v) is 10.3. The molecule has 1 fully saturated rings. The lowest BCUT2D eigenvalue weighted by atomic mass is 9.74. The molecule has 6 heteroatoms. The van der Waals surface area contributed by atoms with Crippen molar-refractivity contribution in [2.24, 2.45) is 5.73 Å². The van der Waals surface area contributed by atoms with Crippen LogP contribution in [-0.2, 0) is 12.0 Å². The summed E-state index contributed by atoms with van der Waals surface area (Å²) in [6.07, 6.45) is 3.55. The van der Waals surface area contributed by atoms with Crippen molar-refractivity contribution in [1.29, 1.82) is 0 Å². The van der Waals surface area contributed by atoms with E-state index in [-0.39, 0.29) is 17.6 Å². The second-order valence-electron chi connectivity index (χ2n) is 9.35. The van der Waals surface area contributed by atoms with Gasteiger partial charge in [-0.25, -0.2) is 0 Å². The monoisotopic (exact) mass is 475 g/mol. The highest BCUT2D eigenvalue weighted by Gasteiger charge is 2.43. The van der Waals surface area contributed by atoms with Crippen LogP contribution in [0.25, 0.3) is 0 Å². The van der Waals surface area contributed by atoms with Gasteiger partial charge in [0.1, 0.15) is 11.9 Å². The number of benzene rings is 2. The number of hydrogen-bond donors (Lipinski definition) is 1. The minimum absolute atomic E-state index is 0.0209. The van der Waals surface area contributed by atoms with Gasteiger partial charge in [-0.05, 0) is 67.6 Å². The molecule has 3 heterocycles. The Hall–Kier alpha value is -2.67. The van der Waals surface area contributed by atoms with Gasteiger partial charge in [-0.2, -0.15) is 0 Å². The van der Waals surface area contributed by atoms with Crippen LogP contribution in [0.15, 0.2) is 66.0 Å². The molecular weight excluding hydrogens is 442 g/mol. The number of likely N-dealkylation sites (N-methyl/N-ethyl adjacent to an activating group) is 1. The molecule has 34 heavy (non-hydrogen) atoms. The number of ether oxygens (including phenoxy) is 1. The molecule has 5 nitrogen and oxygen atoms in total. The third-order valence-corrected chi connectivity index (χ3v) is 8.48. The highest BCUT2D eigenvalue weighted by atomic mass is 32.1. The van der Waals surface area contributed by atoms with Crippen molar-refractivity contribution in [3.05, 3.63) is 87.6 Å². The van der Waals surface area contributed by atoms with Gasteiger partial charge in [0.05, 0.1) is 5.56 Å². The van der Waals surface area contributed by atoms with Gasteiger partial charge in [-0.1, -0.05) is 42.5 Å². The number of fused-ring (bicyclic) bond motifs is 2. The molecule has 2 aliphatic rings. The van der Waals surface area contributed by atoms with E-state index in [0.717, 1.165) is 43.8 Å². The van der Waals surface area contributed by atoms with Gasteiger partial charge >= 0.3 is 0 Å². The summed E-state index contributed by atoms with van der Waals surface area (Å²) in [4.78, 5) is 19.3. The molecule has 0 aliphatic carbocycles. The van der Waals surface area contributed by atoms with Crippen LogP contribution in [-0.4, -0.2) is 48.9 Å². The number of nitrogens with two attached hydrogens (primary N) is 1. The summed E-state index contributed by atoms with van der Waals surface area (Å²) < 4.78 is 6.39. The van der Waals surface area contributed by atoms with Crippen LogP contribution < -0.4 is 10.5 Å². The maximum Gasteiger partial charge on any atom is 0.257 e. The van der Waals surface area contributed by atoms with Gasteiger partial charge in [0.15, 0.2) is 0 Å². The Morgan fingerprint density at radius 1 is 1.06 bits per heavy atom. The molecule has 3 aromatic rings. The lowest BCUT2D eigenvalue weighted by Crippen LogP contribution is -2.55. The largest absolute Gasteiger partial charge is 0.484 e. The Bertz CT molecular complexity index is 1120. The third-order valence-electron chi connectivity index (χ3n) is 7.52. The molecule has 2 N–H and O–H groups in total. The predicted octanol–water partition coefficient (Wildman–Crippen LogP) is 4.84. The summed E-state index contributed by atoms with van der Waals surface area (Å²) in [5.74, 6) is 0.689. The first-order valence-electron chi connectivity index (χ1n) is 12.2. The first-order valence-corrected chi connectivity index (χ1v) is 13.1. The van der Waals surface area contributed by atoms with E-state index in [1.54, 1.807) is 11.3 Å². The average molecular weight is 476 g/mol. The smallest absolute Gasteiger partial charge is 0.257 e. The molecule has 1 atom stereocenters. The number of hydrogen-bond acceptors (Lipinski definition) is 5. The van der Waals surface area contributed by atoms with E-state index in [1.165, 1.54) is 11.1 Å². The van der Waals surface area contributed by atoms with E-state index < -0.39 is 0 Å². The first kappa shape index (κ1) is 23.1. The van der Waals surface area contributed by atoms with Crippen LogP contribution in [0.2, 0.25) is 0 Å². The maximum absolute atomic E-state index is 13.7. The van der Waals surface area contributed by atoms with Crippen molar-refractivity contribution in [2.75, 3.05) is 33.2 Å². The topological polar surface area (TPSA) is 58.8 Å². The van der Waals surface area contributed by atoms with Crippen molar-refractivity contribution in [3.8, 4) is 5.75 Å². The minimum Gasteiger partial charge on any atom is -0.484 e. The Balaban J connectivity index is 1.34. The molecule has 0 saturated carbocycles. The Morgan fingerprint density at radius 3 is 2.59 bits per heavy atom. The SMILES string of the molecule is CN1CCc2ccccc2C12CCN(C(=O)c1ccccc1OC(CCN)c1cccs1)CC2. The zero-order valence-corrected chi connectivity index (χ0v) is 20.6. The molecule has 0 radical (unpaired) electrons. The summed E-state index contributed by atoms with van der Waals surface area (Å²) in [6.45, 7) is 3.07. The number of amides is 1. The highest BCUT2D eigenvalue weighted by molar-refractivity contribution is 7.10. The number of rotatable bonds is 6. The summed E-state index contributed by atoms with van der Waals surface area (Å²) in [6, 6.07) is 20.6. The molecule has 2 aliphatic heterocycles. The quantitative estimate of drug-likeness (QED) is 0.554. The van der Waals surface area contributed by atoms with Crippen LogP contribution in [0.5, 0.6) is 5.75 Å². The summed E-state index contributed by atoms with van der Waals surface area (Å²) >= 11 is 1.66. The molecule has 1 amide bonds. The van der Waals surface area contributed by atoms with Gasteiger partial charge in [0.25, 0.3) is 5.91 Å². The zero-order chi connectivity index (χ0) is 23.5. The van der Waals surface area contributed by atoms with Crippen molar-refractivity contribution >= 4 is 17.2 Å². The standard InChI is InChI=1S/C28H33N3O2S/c1-30-17-13-21-7-2-4-9-23(21)28(30)14-18-31(19-15-28)27(32)22-8-3-5-10-24(22)33-25(12-16-29)26-11-6-20-34-26/h2-11,20,25H,12-19,29H2,1H3. The summed E-state index contributed by atoms with van der Waals surface area (Å²) in [5, 5.41) is 2.04. The molecule has 1 spiro atoms. The van der Waals surface area contributed by atoms with Crippen molar-refractivity contribution < 1.29 is 9.53 Å². The number of para-hydroxylation sites is 1. The van der Waals surface area contributed by atoms with E-state index in [9.17, 15) is 4.79 Å². The molecule has 1 aromatic heterocycles. The molecule has 5 rings (SSSR count). The molecule has 2 aromatic carbocycles. The van der Waals surface area contributed by atoms with Crippen LogP contribution in [0, 0.1) is 0 Å². The normalized spacial score (nSPS) is 18.5. The van der Waals surface area contributed by atoms with Crippen LogP contribution in [0.3, 0.4) is 0 Å². The average Bonchev–Trinajstić information content (AvgIpc) is 3.42. The van der Waals surface area contributed by atoms with Crippen LogP contribution in [0.4, 0.5) is 0 Å². The van der Waals surface area contributed by atoms with E-state index in [4.69, 9.17) is 10.5 Å². The van der Waals surface area contributed by atoms with E-state index >= 15 is 0 Å². The van der Waals surface area contributed by atoms with E-state index in [2.05, 4.69) is 42.3 Å². The third kappa shape index (κ3) is 4.26. The van der Waals surface area contributed by atoms with E-state index in [1.807, 2.05) is 40.6 Å². The molecule has 1 saturated heterocycles. The molecule has 1 unspecified atom stereocenters. The number of carbonyl (C=O) groups is 1. The fourth-order valence-corrected chi connectivity index (χ4v) is 6.37. The number of nitrogens with zero attached hydrogens (tertiary/aromatic N) is 2. The fourth-order valence-electron chi connectivity index (χ4n) is 5.59. The van der Waals surface area contributed by atoms with Crippen LogP contribution in [0.1, 0.15) is 51.7 Å². The predicted molar refractivity (Wildman–Crippen MR) is 137 cm³/mol. The Labute approximate surface area is 206 Å². The van der Waals surface area contributed by atoms with Crippen LogP contribution >= 0.6 is 11.3 Å². The number of thiophene rings is 1. The van der Waals surface area contributed by atoms with Gasteiger partial charge in [-0.15, -0.1) is 11.3 Å². The molecule has 178 valence electrons. The first-order chi connectivity index (χ1) is 16.6. The summed E-state index contributed by atoms with van der Waals surface area (Å²) in [7, 11) is 2.23. The fraction of sp³-hybridized carbons (Fsp3) is 0.393. The lowest BCUT2D eigenvalue weighted by molar-refractivity contribution is 0.0248. The van der Waals surface area contributed by atoms with Crippen molar-refractivity contribution in [1.82, 2.24) is 9.80 Å². The molecule has 0 bridgehead atoms. The summed E-state index contributed by atoms with van der Waals surface area (Å²) in [5.41, 5.74) is 9.42. The Kier molecular flexibility index (Phi) is 6.73.